The fraction of sp³-hybridized carbons (Fsp3) is 0.190. The van der Waals surface area contributed by atoms with Crippen LogP contribution in [0.25, 0.3) is 0 Å². The van der Waals surface area contributed by atoms with Gasteiger partial charge in [0.2, 0.25) is 0 Å². The minimum absolute atomic E-state index is 0.0146. The van der Waals surface area contributed by atoms with Crippen molar-refractivity contribution in [3.05, 3.63) is 69.7 Å². The second kappa shape index (κ2) is 10.1. The van der Waals surface area contributed by atoms with Crippen LogP contribution in [0.2, 0.25) is 5.02 Å². The molecule has 0 bridgehead atoms. The third kappa shape index (κ3) is 6.06. The van der Waals surface area contributed by atoms with Gasteiger partial charge in [0.1, 0.15) is 0 Å². The van der Waals surface area contributed by atoms with Gasteiger partial charge in [-0.1, -0.05) is 23.7 Å². The van der Waals surface area contributed by atoms with Gasteiger partial charge >= 0.3 is 5.97 Å². The highest BCUT2D eigenvalue weighted by atomic mass is 35.5. The van der Waals surface area contributed by atoms with Gasteiger partial charge in [0, 0.05) is 11.1 Å². The number of carbonyl (C=O) groups excluding carboxylic acids is 2. The zero-order chi connectivity index (χ0) is 23.3. The van der Waals surface area contributed by atoms with Gasteiger partial charge in [-0.2, -0.15) is 0 Å². The molecule has 0 spiro atoms. The highest BCUT2D eigenvalue weighted by Gasteiger charge is 2.20. The van der Waals surface area contributed by atoms with Crippen molar-refractivity contribution in [1.82, 2.24) is 4.98 Å². The molecule has 32 heavy (non-hydrogen) atoms. The topological polar surface area (TPSA) is 114 Å². The summed E-state index contributed by atoms with van der Waals surface area (Å²) in [6.45, 7) is 3.82. The molecule has 1 amide bonds. The monoisotopic (exact) mass is 493 g/mol. The number of nitrogens with zero attached hydrogens (tertiary/aromatic N) is 1. The van der Waals surface area contributed by atoms with Crippen LogP contribution in [0.3, 0.4) is 0 Å². The Kier molecular flexibility index (Phi) is 7.49. The lowest BCUT2D eigenvalue weighted by molar-refractivity contribution is -0.142. The summed E-state index contributed by atoms with van der Waals surface area (Å²) >= 11 is 7.27. The van der Waals surface area contributed by atoms with Crippen molar-refractivity contribution in [2.45, 2.75) is 25.2 Å². The molecular formula is C21H20ClN3O5S2. The van der Waals surface area contributed by atoms with E-state index >= 15 is 0 Å². The van der Waals surface area contributed by atoms with E-state index in [1.165, 1.54) is 18.2 Å². The van der Waals surface area contributed by atoms with Crippen LogP contribution in [0.15, 0.2) is 52.7 Å². The summed E-state index contributed by atoms with van der Waals surface area (Å²) in [4.78, 5) is 28.3. The van der Waals surface area contributed by atoms with Gasteiger partial charge in [0.15, 0.2) is 5.13 Å². The first-order valence-corrected chi connectivity index (χ1v) is 12.2. The summed E-state index contributed by atoms with van der Waals surface area (Å²) in [6, 6.07) is 10.8. The number of benzene rings is 2. The number of aryl methyl sites for hydroxylation is 1. The van der Waals surface area contributed by atoms with Gasteiger partial charge < -0.3 is 4.74 Å². The molecule has 0 aliphatic rings. The fourth-order valence-electron chi connectivity index (χ4n) is 2.74. The summed E-state index contributed by atoms with van der Waals surface area (Å²) < 4.78 is 32.9. The number of anilines is 2. The first kappa shape index (κ1) is 23.7. The van der Waals surface area contributed by atoms with Gasteiger partial charge in [0.05, 0.1) is 34.2 Å². The number of sulfonamides is 1. The van der Waals surface area contributed by atoms with Gasteiger partial charge in [-0.3, -0.25) is 19.6 Å². The number of halogens is 1. The number of ether oxygens (including phenoxy) is 1. The molecule has 2 aromatic carbocycles. The zero-order valence-corrected chi connectivity index (χ0v) is 19.6. The zero-order valence-electron chi connectivity index (χ0n) is 17.2. The number of amides is 1. The summed E-state index contributed by atoms with van der Waals surface area (Å²) in [5.41, 5.74) is 1.73. The summed E-state index contributed by atoms with van der Waals surface area (Å²) in [5, 5.41) is 4.53. The third-order valence-electron chi connectivity index (χ3n) is 4.17. The molecule has 1 heterocycles. The predicted molar refractivity (Wildman–Crippen MR) is 124 cm³/mol. The van der Waals surface area contributed by atoms with Crippen molar-refractivity contribution >= 4 is 55.7 Å². The molecule has 0 aliphatic carbocycles. The average molecular weight is 494 g/mol. The van der Waals surface area contributed by atoms with Crippen molar-refractivity contribution < 1.29 is 22.7 Å². The molecule has 8 nitrogen and oxygen atoms in total. The third-order valence-corrected chi connectivity index (χ3v) is 6.68. The Labute approximate surface area is 194 Å². The maximum absolute atomic E-state index is 12.8. The van der Waals surface area contributed by atoms with Gasteiger partial charge in [-0.25, -0.2) is 13.4 Å². The number of esters is 1. The highest BCUT2D eigenvalue weighted by Crippen LogP contribution is 2.25. The molecule has 0 atom stereocenters. The lowest BCUT2D eigenvalue weighted by Crippen LogP contribution is -2.16. The quantitative estimate of drug-likeness (QED) is 0.453. The van der Waals surface area contributed by atoms with Crippen LogP contribution in [0.5, 0.6) is 0 Å². The molecule has 3 rings (SSSR count). The number of carbonyl (C=O) groups is 2. The van der Waals surface area contributed by atoms with E-state index in [9.17, 15) is 18.0 Å². The maximum atomic E-state index is 12.8. The molecule has 0 saturated heterocycles. The van der Waals surface area contributed by atoms with E-state index in [4.69, 9.17) is 16.3 Å². The van der Waals surface area contributed by atoms with Crippen LogP contribution in [0.4, 0.5) is 10.8 Å². The van der Waals surface area contributed by atoms with Crippen molar-refractivity contribution in [3.63, 3.8) is 0 Å². The molecule has 1 aromatic heterocycles. The van der Waals surface area contributed by atoms with Crippen molar-refractivity contribution in [2.75, 3.05) is 16.6 Å². The lowest BCUT2D eigenvalue weighted by Gasteiger charge is -2.11. The Morgan fingerprint density at radius 1 is 1.19 bits per heavy atom. The standard InChI is InChI=1S/C21H20ClN3O5S2/c1-3-30-19(26)10-15-12-31-21(23-15)24-20(27)17-11-16(7-8-18(17)22)32(28,29)25-14-6-4-5-13(2)9-14/h4-9,11-12,25H,3,10H2,1-2H3,(H,23,24,27). The van der Waals surface area contributed by atoms with Gasteiger partial charge in [0.25, 0.3) is 15.9 Å². The molecule has 0 fully saturated rings. The molecular weight excluding hydrogens is 474 g/mol. The molecule has 0 aliphatic heterocycles. The van der Waals surface area contributed by atoms with Gasteiger partial charge in [-0.15, -0.1) is 11.3 Å². The first-order valence-electron chi connectivity index (χ1n) is 9.48. The molecule has 0 radical (unpaired) electrons. The second-order valence-electron chi connectivity index (χ2n) is 6.70. The molecule has 0 unspecified atom stereocenters. The lowest BCUT2D eigenvalue weighted by atomic mass is 10.2. The van der Waals surface area contributed by atoms with Crippen molar-refractivity contribution in [1.29, 1.82) is 0 Å². The minimum atomic E-state index is -3.94. The summed E-state index contributed by atoms with van der Waals surface area (Å²) in [5.74, 6) is -1.04. The first-order chi connectivity index (χ1) is 15.2. The summed E-state index contributed by atoms with van der Waals surface area (Å²) in [6.07, 6.45) is -0.0146. The number of hydrogen-bond donors (Lipinski definition) is 2. The van der Waals surface area contributed by atoms with Crippen LogP contribution < -0.4 is 10.0 Å². The number of aromatic nitrogens is 1. The second-order valence-corrected chi connectivity index (χ2v) is 9.64. The normalized spacial score (nSPS) is 11.1. The smallest absolute Gasteiger partial charge is 0.311 e. The Balaban J connectivity index is 1.77. The SMILES string of the molecule is CCOC(=O)Cc1csc(NC(=O)c2cc(S(=O)(=O)Nc3cccc(C)c3)ccc2Cl)n1. The Morgan fingerprint density at radius 2 is 1.97 bits per heavy atom. The summed E-state index contributed by atoms with van der Waals surface area (Å²) in [7, 11) is -3.94. The molecule has 3 aromatic rings. The number of rotatable bonds is 8. The average Bonchev–Trinajstić information content (AvgIpc) is 3.14. The van der Waals surface area contributed by atoms with E-state index in [2.05, 4.69) is 15.0 Å². The largest absolute Gasteiger partial charge is 0.466 e. The fourth-order valence-corrected chi connectivity index (χ4v) is 4.72. The highest BCUT2D eigenvalue weighted by molar-refractivity contribution is 7.92. The van der Waals surface area contributed by atoms with Crippen LogP contribution in [0.1, 0.15) is 28.5 Å². The van der Waals surface area contributed by atoms with E-state index in [1.807, 2.05) is 13.0 Å². The predicted octanol–water partition coefficient (Wildman–Crippen LogP) is 4.26. The molecule has 168 valence electrons. The van der Waals surface area contributed by atoms with Crippen molar-refractivity contribution in [2.24, 2.45) is 0 Å². The maximum Gasteiger partial charge on any atom is 0.311 e. The van der Waals surface area contributed by atoms with Crippen LogP contribution in [-0.4, -0.2) is 31.9 Å². The van der Waals surface area contributed by atoms with Crippen LogP contribution >= 0.6 is 22.9 Å². The number of nitrogens with one attached hydrogen (secondary N) is 2. The van der Waals surface area contributed by atoms with Gasteiger partial charge in [-0.05, 0) is 49.7 Å². The molecule has 0 saturated carbocycles. The number of hydrogen-bond acceptors (Lipinski definition) is 7. The Hall–Kier alpha value is -2.95. The van der Waals surface area contributed by atoms with E-state index in [-0.39, 0.29) is 33.6 Å². The Bertz CT molecular complexity index is 1260. The van der Waals surface area contributed by atoms with E-state index in [0.717, 1.165) is 16.9 Å². The van der Waals surface area contributed by atoms with E-state index in [0.29, 0.717) is 11.4 Å². The van der Waals surface area contributed by atoms with E-state index in [1.54, 1.807) is 30.5 Å². The Morgan fingerprint density at radius 3 is 2.69 bits per heavy atom. The van der Waals surface area contributed by atoms with Crippen molar-refractivity contribution in [3.8, 4) is 0 Å². The molecule has 2 N–H and O–H groups in total. The molecule has 11 heteroatoms. The van der Waals surface area contributed by atoms with E-state index < -0.39 is 21.9 Å². The van der Waals surface area contributed by atoms with Crippen LogP contribution in [-0.2, 0) is 26.0 Å². The minimum Gasteiger partial charge on any atom is -0.466 e. The van der Waals surface area contributed by atoms with Crippen LogP contribution in [0, 0.1) is 6.92 Å². The number of thiazole rings is 1.